The first-order valence-corrected chi connectivity index (χ1v) is 14.6. The van der Waals surface area contributed by atoms with Gasteiger partial charge in [0.1, 0.15) is 5.82 Å². The van der Waals surface area contributed by atoms with Crippen molar-refractivity contribution in [3.05, 3.63) is 81.4 Å². The Hall–Kier alpha value is -2.73. The fourth-order valence-corrected chi connectivity index (χ4v) is 6.22. The Morgan fingerprint density at radius 2 is 1.67 bits per heavy atom. The van der Waals surface area contributed by atoms with Crippen LogP contribution in [-0.4, -0.2) is 81.7 Å². The topological polar surface area (TPSA) is 99.0 Å². The maximum absolute atomic E-state index is 18.3. The first-order valence-electron chi connectivity index (χ1n) is 13.9. The second-order valence-electron chi connectivity index (χ2n) is 10.5. The molecular weight excluding hydrogens is 589 g/mol. The number of hydrogen-bond acceptors (Lipinski definition) is 7. The van der Waals surface area contributed by atoms with E-state index >= 15 is 4.39 Å². The Morgan fingerprint density at radius 3 is 2.29 bits per heavy atom. The van der Waals surface area contributed by atoms with E-state index in [0.717, 1.165) is 5.56 Å². The van der Waals surface area contributed by atoms with Gasteiger partial charge in [0, 0.05) is 36.0 Å². The number of aliphatic hydroxyl groups excluding tert-OH is 2. The average molecular weight is 622 g/mol. The summed E-state index contributed by atoms with van der Waals surface area (Å²) in [7, 11) is 0. The van der Waals surface area contributed by atoms with Crippen LogP contribution in [0.3, 0.4) is 0 Å². The molecule has 1 saturated heterocycles. The lowest BCUT2D eigenvalue weighted by atomic mass is 9.83. The fourth-order valence-electron chi connectivity index (χ4n) is 6.00. The molecule has 0 spiro atoms. The molecule has 0 radical (unpaired) electrons. The van der Waals surface area contributed by atoms with E-state index in [1.807, 2.05) is 4.90 Å². The van der Waals surface area contributed by atoms with Crippen LogP contribution in [0.4, 0.5) is 8.78 Å². The third kappa shape index (κ3) is 5.89. The third-order valence-electron chi connectivity index (χ3n) is 8.00. The van der Waals surface area contributed by atoms with Crippen LogP contribution in [0, 0.1) is 5.92 Å². The lowest BCUT2D eigenvalue weighted by Gasteiger charge is -2.45. The molecule has 1 unspecified atom stereocenters. The highest BCUT2D eigenvalue weighted by Gasteiger charge is 2.59. The first kappa shape index (κ1) is 30.7. The van der Waals surface area contributed by atoms with Gasteiger partial charge in [-0.05, 0) is 73.2 Å². The number of rotatable bonds is 11. The highest BCUT2D eigenvalue weighted by molar-refractivity contribution is 6.30. The zero-order chi connectivity index (χ0) is 29.9. The molecule has 1 aromatic heterocycles. The lowest BCUT2D eigenvalue weighted by Crippen LogP contribution is -2.58. The van der Waals surface area contributed by atoms with Crippen LogP contribution in [0.15, 0.2) is 48.8 Å². The number of aromatic nitrogens is 2. The molecule has 1 fully saturated rings. The number of alkyl halides is 2. The van der Waals surface area contributed by atoms with Crippen LogP contribution in [-0.2, 0) is 17.1 Å². The van der Waals surface area contributed by atoms with Gasteiger partial charge in [0.2, 0.25) is 0 Å². The summed E-state index contributed by atoms with van der Waals surface area (Å²) in [5.74, 6) is -3.05. The summed E-state index contributed by atoms with van der Waals surface area (Å²) in [5, 5.41) is 21.2. The lowest BCUT2D eigenvalue weighted by molar-refractivity contribution is -0.255. The molecule has 5 rings (SSSR count). The van der Waals surface area contributed by atoms with Gasteiger partial charge in [-0.25, -0.2) is 14.4 Å². The standard InChI is InChI=1S/C30H32Cl2F2N4O4/c31-21-3-1-20(2-4-21)23-5-6-24-28(25(23)15-27-35-17-22(32)18-36-27)30(34,38(29(24)41)42-14-13-40)26(9-12-39)37-10-7-19(16-33)8-11-37/h1-6,17-19,26,39-40H,7-16H2/t26?,30-/m1/s1. The SMILES string of the molecule is O=C1c2ccc(-c3ccc(Cl)cc3)c(Cc3ncc(Cl)cn3)c2[C@@](F)(C(CCO)N2CCC(CF)CC2)N1OCCO. The zero-order valence-electron chi connectivity index (χ0n) is 22.9. The molecule has 2 atom stereocenters. The van der Waals surface area contributed by atoms with E-state index in [4.69, 9.17) is 28.0 Å². The number of fused-ring (bicyclic) bond motifs is 1. The van der Waals surface area contributed by atoms with Gasteiger partial charge in [-0.2, -0.15) is 5.06 Å². The van der Waals surface area contributed by atoms with Gasteiger partial charge >= 0.3 is 0 Å². The summed E-state index contributed by atoms with van der Waals surface area (Å²) < 4.78 is 31.8. The predicted molar refractivity (Wildman–Crippen MR) is 154 cm³/mol. The normalized spacial score (nSPS) is 20.2. The van der Waals surface area contributed by atoms with Crippen molar-refractivity contribution in [2.24, 2.45) is 5.92 Å². The molecule has 3 aromatic rings. The van der Waals surface area contributed by atoms with Gasteiger partial charge < -0.3 is 10.2 Å². The number of hydroxylamine groups is 2. The minimum atomic E-state index is -2.57. The van der Waals surface area contributed by atoms with Crippen molar-refractivity contribution in [1.29, 1.82) is 0 Å². The molecule has 3 heterocycles. The van der Waals surface area contributed by atoms with Crippen LogP contribution < -0.4 is 0 Å². The second kappa shape index (κ2) is 13.3. The van der Waals surface area contributed by atoms with Crippen LogP contribution in [0.2, 0.25) is 10.0 Å². The zero-order valence-corrected chi connectivity index (χ0v) is 24.4. The summed E-state index contributed by atoms with van der Waals surface area (Å²) in [5.41, 5.74) is 2.02. The number of nitrogens with zero attached hydrogens (tertiary/aromatic N) is 4. The number of aliphatic hydroxyl groups is 2. The Balaban J connectivity index is 1.73. The van der Waals surface area contributed by atoms with Crippen molar-refractivity contribution < 1.29 is 28.6 Å². The molecule has 0 bridgehead atoms. The highest BCUT2D eigenvalue weighted by atomic mass is 35.5. The molecule has 0 aliphatic carbocycles. The van der Waals surface area contributed by atoms with E-state index < -0.39 is 31.0 Å². The van der Waals surface area contributed by atoms with E-state index in [0.29, 0.717) is 58.0 Å². The summed E-state index contributed by atoms with van der Waals surface area (Å²) in [6.07, 6.45) is 3.96. The number of carbonyl (C=O) groups excluding carboxylic acids is 1. The summed E-state index contributed by atoms with van der Waals surface area (Å²) in [6.45, 7) is -0.806. The number of likely N-dealkylation sites (tertiary alicyclic amines) is 1. The van der Waals surface area contributed by atoms with Crippen molar-refractivity contribution in [3.63, 3.8) is 0 Å². The van der Waals surface area contributed by atoms with E-state index in [-0.39, 0.29) is 43.1 Å². The predicted octanol–water partition coefficient (Wildman–Crippen LogP) is 4.98. The molecule has 2 aromatic carbocycles. The van der Waals surface area contributed by atoms with Crippen LogP contribution in [0.1, 0.15) is 46.6 Å². The van der Waals surface area contributed by atoms with Crippen LogP contribution in [0.25, 0.3) is 11.1 Å². The Morgan fingerprint density at radius 1 is 1.00 bits per heavy atom. The minimum absolute atomic E-state index is 0.0233. The van der Waals surface area contributed by atoms with Gasteiger partial charge in [-0.3, -0.25) is 18.9 Å². The Labute approximate surface area is 252 Å². The number of halogens is 4. The van der Waals surface area contributed by atoms with E-state index in [2.05, 4.69) is 9.97 Å². The van der Waals surface area contributed by atoms with E-state index in [1.54, 1.807) is 36.4 Å². The highest BCUT2D eigenvalue weighted by Crippen LogP contribution is 2.50. The molecule has 224 valence electrons. The smallest absolute Gasteiger partial charge is 0.281 e. The number of amides is 1. The number of carbonyl (C=O) groups is 1. The van der Waals surface area contributed by atoms with Gasteiger partial charge in [-0.1, -0.05) is 41.4 Å². The largest absolute Gasteiger partial charge is 0.396 e. The monoisotopic (exact) mass is 620 g/mol. The molecule has 2 aliphatic rings. The third-order valence-corrected chi connectivity index (χ3v) is 8.45. The van der Waals surface area contributed by atoms with E-state index in [1.165, 1.54) is 12.4 Å². The summed E-state index contributed by atoms with van der Waals surface area (Å²) >= 11 is 12.2. The summed E-state index contributed by atoms with van der Waals surface area (Å²) in [4.78, 5) is 30.0. The maximum Gasteiger partial charge on any atom is 0.281 e. The maximum atomic E-state index is 18.3. The molecule has 2 N–H and O–H groups in total. The van der Waals surface area contributed by atoms with Crippen molar-refractivity contribution in [2.75, 3.05) is 39.6 Å². The molecule has 0 saturated carbocycles. The van der Waals surface area contributed by atoms with Gasteiger partial charge in [0.25, 0.3) is 11.7 Å². The van der Waals surface area contributed by atoms with Crippen molar-refractivity contribution in [3.8, 4) is 11.1 Å². The summed E-state index contributed by atoms with van der Waals surface area (Å²) in [6, 6.07) is 9.34. The number of hydrogen-bond donors (Lipinski definition) is 2. The first-order chi connectivity index (χ1) is 20.3. The van der Waals surface area contributed by atoms with Crippen molar-refractivity contribution in [2.45, 2.75) is 37.5 Å². The number of benzene rings is 2. The van der Waals surface area contributed by atoms with Crippen molar-refractivity contribution >= 4 is 29.1 Å². The number of piperidine rings is 1. The minimum Gasteiger partial charge on any atom is -0.396 e. The van der Waals surface area contributed by atoms with Crippen LogP contribution >= 0.6 is 23.2 Å². The molecule has 12 heteroatoms. The van der Waals surface area contributed by atoms with E-state index in [9.17, 15) is 19.4 Å². The fraction of sp³-hybridized carbons (Fsp3) is 0.433. The van der Waals surface area contributed by atoms with Crippen LogP contribution in [0.5, 0.6) is 0 Å². The average Bonchev–Trinajstić information content (AvgIpc) is 3.23. The quantitative estimate of drug-likeness (QED) is 0.292. The molecule has 2 aliphatic heterocycles. The van der Waals surface area contributed by atoms with Crippen molar-refractivity contribution in [1.82, 2.24) is 19.9 Å². The van der Waals surface area contributed by atoms with Gasteiger partial charge in [0.15, 0.2) is 0 Å². The molecule has 8 nitrogen and oxygen atoms in total. The Kier molecular flexibility index (Phi) is 9.71. The molecular formula is C30H32Cl2F2N4O4. The van der Waals surface area contributed by atoms with Gasteiger partial charge in [-0.15, -0.1) is 0 Å². The molecule has 42 heavy (non-hydrogen) atoms. The Bertz CT molecular complexity index is 1390. The second-order valence-corrected chi connectivity index (χ2v) is 11.4. The molecule has 1 amide bonds. The van der Waals surface area contributed by atoms with Gasteiger partial charge in [0.05, 0.1) is 36.5 Å².